The highest BCUT2D eigenvalue weighted by atomic mass is 16.3. The van der Waals surface area contributed by atoms with Gasteiger partial charge in [0.05, 0.1) is 6.10 Å². The first-order valence-electron chi connectivity index (χ1n) is 9.88. The topological polar surface area (TPSA) is 66.6 Å². The maximum absolute atomic E-state index is 12.9. The molecule has 1 heterocycles. The number of aliphatic hydroxyl groups is 1. The van der Waals surface area contributed by atoms with E-state index in [1.54, 1.807) is 13.8 Å². The maximum Gasteiger partial charge on any atom is 0.155 e. The lowest BCUT2D eigenvalue weighted by atomic mass is 9.75. The highest BCUT2D eigenvalue weighted by Crippen LogP contribution is 2.46. The molecule has 4 nitrogen and oxygen atoms in total. The highest BCUT2D eigenvalue weighted by Gasteiger charge is 2.49. The van der Waals surface area contributed by atoms with Crippen LogP contribution in [-0.2, 0) is 11.2 Å². The van der Waals surface area contributed by atoms with E-state index in [-0.39, 0.29) is 11.3 Å². The number of rotatable bonds is 6. The van der Waals surface area contributed by atoms with E-state index in [4.69, 9.17) is 5.73 Å². The number of hydrogen-bond acceptors (Lipinski definition) is 4. The molecule has 0 saturated heterocycles. The summed E-state index contributed by atoms with van der Waals surface area (Å²) in [6.07, 6.45) is 2.46. The van der Waals surface area contributed by atoms with Crippen molar-refractivity contribution in [1.29, 1.82) is 0 Å². The first-order chi connectivity index (χ1) is 12.0. The fraction of sp³-hybridized carbons (Fsp3) is 0.682. The normalized spacial score (nSPS) is 19.8. The molecule has 1 aliphatic heterocycles. The second-order valence-electron chi connectivity index (χ2n) is 8.91. The van der Waals surface area contributed by atoms with Gasteiger partial charge in [-0.3, -0.25) is 4.79 Å². The Labute approximate surface area is 158 Å². The molecule has 0 spiro atoms. The number of benzene rings is 1. The SMILES string of the molecule is CCC(CC(C)O)(C(C)=O)N1c2cc(C(C)C)c(N)cc2CCC1(C)C. The van der Waals surface area contributed by atoms with E-state index in [1.807, 2.05) is 0 Å². The molecule has 0 fully saturated rings. The van der Waals surface area contributed by atoms with Gasteiger partial charge in [0.15, 0.2) is 5.78 Å². The van der Waals surface area contributed by atoms with Crippen molar-refractivity contribution in [2.45, 2.75) is 97.2 Å². The fourth-order valence-corrected chi connectivity index (χ4v) is 4.70. The van der Waals surface area contributed by atoms with E-state index in [2.05, 4.69) is 51.7 Å². The first kappa shape index (κ1) is 20.8. The summed E-state index contributed by atoms with van der Waals surface area (Å²) in [5.41, 5.74) is 9.70. The Hall–Kier alpha value is -1.55. The van der Waals surface area contributed by atoms with Gasteiger partial charge in [0.1, 0.15) is 5.54 Å². The molecule has 1 aliphatic rings. The van der Waals surface area contributed by atoms with Crippen LogP contribution in [-0.4, -0.2) is 28.1 Å². The molecule has 0 radical (unpaired) electrons. The third-order valence-corrected chi connectivity index (χ3v) is 6.06. The number of aryl methyl sites for hydroxylation is 1. The van der Waals surface area contributed by atoms with E-state index < -0.39 is 11.6 Å². The predicted octanol–water partition coefficient (Wildman–Crippen LogP) is 4.43. The van der Waals surface area contributed by atoms with Crippen LogP contribution in [0, 0.1) is 0 Å². The molecule has 0 aliphatic carbocycles. The fourth-order valence-electron chi connectivity index (χ4n) is 4.70. The van der Waals surface area contributed by atoms with Crippen molar-refractivity contribution in [3.05, 3.63) is 23.3 Å². The average Bonchev–Trinajstić information content (AvgIpc) is 2.51. The Kier molecular flexibility index (Phi) is 5.77. The van der Waals surface area contributed by atoms with Crippen LogP contribution < -0.4 is 10.6 Å². The lowest BCUT2D eigenvalue weighted by Crippen LogP contribution is -2.64. The van der Waals surface area contributed by atoms with Crippen molar-refractivity contribution in [3.63, 3.8) is 0 Å². The van der Waals surface area contributed by atoms with Crippen LogP contribution >= 0.6 is 0 Å². The number of hydrogen-bond donors (Lipinski definition) is 2. The molecular formula is C22H36N2O2. The molecule has 2 atom stereocenters. The summed E-state index contributed by atoms with van der Waals surface area (Å²) in [5, 5.41) is 10.2. The Morgan fingerprint density at radius 3 is 2.42 bits per heavy atom. The zero-order chi connectivity index (χ0) is 19.9. The Morgan fingerprint density at radius 2 is 1.96 bits per heavy atom. The van der Waals surface area contributed by atoms with Crippen molar-refractivity contribution in [3.8, 4) is 0 Å². The summed E-state index contributed by atoms with van der Waals surface area (Å²) in [6.45, 7) is 14.2. The number of Topliss-reactive ketones (excluding diaryl/α,β-unsaturated/α-hetero) is 1. The van der Waals surface area contributed by atoms with Crippen molar-refractivity contribution in [2.75, 3.05) is 10.6 Å². The van der Waals surface area contributed by atoms with E-state index in [1.165, 1.54) is 5.56 Å². The van der Waals surface area contributed by atoms with Gasteiger partial charge in [0.25, 0.3) is 0 Å². The third kappa shape index (κ3) is 3.48. The maximum atomic E-state index is 12.9. The number of nitrogen functional groups attached to an aromatic ring is 1. The number of carbonyl (C=O) groups excluding carboxylic acids is 1. The van der Waals surface area contributed by atoms with Gasteiger partial charge in [0, 0.05) is 23.3 Å². The monoisotopic (exact) mass is 360 g/mol. The first-order valence-corrected chi connectivity index (χ1v) is 9.88. The molecular weight excluding hydrogens is 324 g/mol. The van der Waals surface area contributed by atoms with Gasteiger partial charge in [-0.2, -0.15) is 0 Å². The molecule has 0 bridgehead atoms. The van der Waals surface area contributed by atoms with E-state index >= 15 is 0 Å². The average molecular weight is 361 g/mol. The molecule has 1 aromatic rings. The van der Waals surface area contributed by atoms with Crippen molar-refractivity contribution >= 4 is 17.2 Å². The highest BCUT2D eigenvalue weighted by molar-refractivity contribution is 5.91. The minimum atomic E-state index is -0.711. The number of nitrogens with two attached hydrogens (primary N) is 1. The predicted molar refractivity (Wildman–Crippen MR) is 110 cm³/mol. The van der Waals surface area contributed by atoms with Crippen LogP contribution in [0.4, 0.5) is 11.4 Å². The van der Waals surface area contributed by atoms with Crippen LogP contribution in [0.2, 0.25) is 0 Å². The van der Waals surface area contributed by atoms with Gasteiger partial charge in [-0.1, -0.05) is 20.8 Å². The van der Waals surface area contributed by atoms with Crippen LogP contribution in [0.15, 0.2) is 12.1 Å². The van der Waals surface area contributed by atoms with E-state index in [9.17, 15) is 9.90 Å². The van der Waals surface area contributed by atoms with Gasteiger partial charge in [-0.15, -0.1) is 0 Å². The number of fused-ring (bicyclic) bond motifs is 1. The summed E-state index contributed by atoms with van der Waals surface area (Å²) in [6, 6.07) is 4.28. The molecule has 4 heteroatoms. The third-order valence-electron chi connectivity index (χ3n) is 6.06. The summed E-state index contributed by atoms with van der Waals surface area (Å²) < 4.78 is 0. The lowest BCUT2D eigenvalue weighted by molar-refractivity contribution is -0.124. The van der Waals surface area contributed by atoms with Gasteiger partial charge in [0.2, 0.25) is 0 Å². The lowest BCUT2D eigenvalue weighted by Gasteiger charge is -2.55. The second kappa shape index (κ2) is 7.22. The second-order valence-corrected chi connectivity index (χ2v) is 8.91. The van der Waals surface area contributed by atoms with Crippen LogP contribution in [0.25, 0.3) is 0 Å². The van der Waals surface area contributed by atoms with Crippen LogP contribution in [0.5, 0.6) is 0 Å². The minimum Gasteiger partial charge on any atom is -0.398 e. The number of aliphatic hydroxyl groups excluding tert-OH is 1. The number of anilines is 2. The standard InChI is InChI=1S/C22H36N2O2/c1-8-22(16(5)26,13-15(4)25)24-20-12-18(14(2)3)19(23)11-17(20)9-10-21(24,6)7/h11-12,14-15,25H,8-10,13,23H2,1-7H3. The Bertz CT molecular complexity index is 679. The van der Waals surface area contributed by atoms with E-state index in [0.29, 0.717) is 18.8 Å². The smallest absolute Gasteiger partial charge is 0.155 e. The molecule has 2 rings (SSSR count). The Morgan fingerprint density at radius 1 is 1.35 bits per heavy atom. The molecule has 2 unspecified atom stereocenters. The quantitative estimate of drug-likeness (QED) is 0.736. The molecule has 0 aromatic heterocycles. The van der Waals surface area contributed by atoms with Gasteiger partial charge < -0.3 is 15.7 Å². The van der Waals surface area contributed by atoms with Crippen molar-refractivity contribution in [1.82, 2.24) is 0 Å². The molecule has 0 saturated carbocycles. The number of carbonyl (C=O) groups is 1. The van der Waals surface area contributed by atoms with Gasteiger partial charge in [-0.05, 0) is 76.1 Å². The number of nitrogens with zero attached hydrogens (tertiary/aromatic N) is 1. The number of ketones is 1. The van der Waals surface area contributed by atoms with Gasteiger partial charge in [-0.25, -0.2) is 0 Å². The van der Waals surface area contributed by atoms with Gasteiger partial charge >= 0.3 is 0 Å². The van der Waals surface area contributed by atoms with Crippen LogP contribution in [0.1, 0.15) is 84.8 Å². The van der Waals surface area contributed by atoms with Crippen molar-refractivity contribution in [2.24, 2.45) is 0 Å². The van der Waals surface area contributed by atoms with E-state index in [0.717, 1.165) is 29.8 Å². The molecule has 26 heavy (non-hydrogen) atoms. The van der Waals surface area contributed by atoms with Crippen molar-refractivity contribution < 1.29 is 9.90 Å². The summed E-state index contributed by atoms with van der Waals surface area (Å²) in [5.74, 6) is 0.432. The molecule has 1 aromatic carbocycles. The summed E-state index contributed by atoms with van der Waals surface area (Å²) in [7, 11) is 0. The summed E-state index contributed by atoms with van der Waals surface area (Å²) >= 11 is 0. The Balaban J connectivity index is 2.76. The summed E-state index contributed by atoms with van der Waals surface area (Å²) in [4.78, 5) is 15.2. The molecule has 3 N–H and O–H groups in total. The zero-order valence-electron chi connectivity index (χ0n) is 17.5. The largest absolute Gasteiger partial charge is 0.398 e. The zero-order valence-corrected chi connectivity index (χ0v) is 17.5. The minimum absolute atomic E-state index is 0.116. The van der Waals surface area contributed by atoms with Crippen LogP contribution in [0.3, 0.4) is 0 Å². The molecule has 0 amide bonds. The molecule has 146 valence electrons.